The van der Waals surface area contributed by atoms with E-state index in [-0.39, 0.29) is 12.5 Å². The van der Waals surface area contributed by atoms with Gasteiger partial charge in [-0.1, -0.05) is 41.4 Å². The average Bonchev–Trinajstić information content (AvgIpc) is 2.51. The maximum absolute atomic E-state index is 12.2. The molecule has 108 valence electrons. The second-order valence-electron chi connectivity index (χ2n) is 4.45. The van der Waals surface area contributed by atoms with Gasteiger partial charge in [-0.25, -0.2) is 0 Å². The van der Waals surface area contributed by atoms with E-state index in [4.69, 9.17) is 32.7 Å². The summed E-state index contributed by atoms with van der Waals surface area (Å²) in [7, 11) is 0. The number of ether oxygens (including phenoxy) is 2. The molecule has 1 N–H and O–H groups in total. The van der Waals surface area contributed by atoms with Gasteiger partial charge in [-0.05, 0) is 24.3 Å². The maximum Gasteiger partial charge on any atom is 0.269 e. The molecule has 1 atom stereocenters. The smallest absolute Gasteiger partial charge is 0.269 e. The van der Waals surface area contributed by atoms with E-state index in [9.17, 15) is 4.79 Å². The first-order valence-corrected chi connectivity index (χ1v) is 7.04. The zero-order valence-corrected chi connectivity index (χ0v) is 12.3. The highest BCUT2D eigenvalue weighted by Gasteiger charge is 2.27. The number of amides is 1. The van der Waals surface area contributed by atoms with Crippen LogP contribution >= 0.6 is 23.2 Å². The lowest BCUT2D eigenvalue weighted by Gasteiger charge is -2.25. The quantitative estimate of drug-likeness (QED) is 0.915. The highest BCUT2D eigenvalue weighted by Crippen LogP contribution is 2.32. The van der Waals surface area contributed by atoms with E-state index in [1.54, 1.807) is 30.3 Å². The molecule has 1 heterocycles. The number of rotatable bonds is 2. The van der Waals surface area contributed by atoms with Crippen molar-refractivity contribution in [2.75, 3.05) is 11.9 Å². The summed E-state index contributed by atoms with van der Waals surface area (Å²) < 4.78 is 11.1. The Balaban J connectivity index is 1.74. The van der Waals surface area contributed by atoms with Crippen LogP contribution in [0, 0.1) is 0 Å². The third-order valence-electron chi connectivity index (χ3n) is 3.01. The Morgan fingerprint density at radius 3 is 2.67 bits per heavy atom. The molecule has 0 saturated carbocycles. The van der Waals surface area contributed by atoms with Gasteiger partial charge in [0.25, 0.3) is 5.91 Å². The van der Waals surface area contributed by atoms with E-state index in [0.29, 0.717) is 27.2 Å². The van der Waals surface area contributed by atoms with Gasteiger partial charge in [0, 0.05) is 0 Å². The number of halogens is 2. The predicted octanol–water partition coefficient (Wildman–Crippen LogP) is 3.77. The molecule has 21 heavy (non-hydrogen) atoms. The van der Waals surface area contributed by atoms with Gasteiger partial charge in [-0.2, -0.15) is 0 Å². The van der Waals surface area contributed by atoms with Gasteiger partial charge >= 0.3 is 0 Å². The third-order valence-corrected chi connectivity index (χ3v) is 3.83. The standard InChI is InChI=1S/C15H11Cl2NO3/c16-9-4-3-5-10(14(9)17)18-15(19)13-8-20-11-6-1-2-7-12(11)21-13/h1-7,13H,8H2,(H,18,19). The number of carbonyl (C=O) groups is 1. The van der Waals surface area contributed by atoms with Crippen LogP contribution in [-0.4, -0.2) is 18.6 Å². The first-order chi connectivity index (χ1) is 10.1. The van der Waals surface area contributed by atoms with Gasteiger partial charge in [0.05, 0.1) is 15.7 Å². The van der Waals surface area contributed by atoms with Gasteiger partial charge in [-0.3, -0.25) is 4.79 Å². The lowest BCUT2D eigenvalue weighted by molar-refractivity contribution is -0.125. The Hall–Kier alpha value is -1.91. The molecule has 0 bridgehead atoms. The molecule has 0 aromatic heterocycles. The molecule has 0 fully saturated rings. The summed E-state index contributed by atoms with van der Waals surface area (Å²) in [5, 5.41) is 3.36. The summed E-state index contributed by atoms with van der Waals surface area (Å²) in [6, 6.07) is 12.2. The van der Waals surface area contributed by atoms with Crippen LogP contribution in [0.4, 0.5) is 5.69 Å². The molecule has 0 saturated heterocycles. The number of benzene rings is 2. The Labute approximate surface area is 131 Å². The highest BCUT2D eigenvalue weighted by atomic mass is 35.5. The molecule has 2 aromatic carbocycles. The van der Waals surface area contributed by atoms with E-state index in [1.807, 2.05) is 12.1 Å². The summed E-state index contributed by atoms with van der Waals surface area (Å²) in [6.45, 7) is 0.140. The van der Waals surface area contributed by atoms with Crippen LogP contribution in [0.15, 0.2) is 42.5 Å². The van der Waals surface area contributed by atoms with Crippen LogP contribution in [0.3, 0.4) is 0 Å². The van der Waals surface area contributed by atoms with Crippen molar-refractivity contribution in [2.45, 2.75) is 6.10 Å². The van der Waals surface area contributed by atoms with Gasteiger partial charge < -0.3 is 14.8 Å². The van der Waals surface area contributed by atoms with Crippen molar-refractivity contribution in [1.29, 1.82) is 0 Å². The SMILES string of the molecule is O=C(Nc1cccc(Cl)c1Cl)C1COc2ccccc2O1. The van der Waals surface area contributed by atoms with E-state index in [2.05, 4.69) is 5.32 Å². The second-order valence-corrected chi connectivity index (χ2v) is 5.24. The molecule has 6 heteroatoms. The number of anilines is 1. The minimum absolute atomic E-state index is 0.140. The summed E-state index contributed by atoms with van der Waals surface area (Å²) >= 11 is 11.9. The fourth-order valence-electron chi connectivity index (χ4n) is 1.96. The first-order valence-electron chi connectivity index (χ1n) is 6.28. The monoisotopic (exact) mass is 323 g/mol. The van der Waals surface area contributed by atoms with Crippen molar-refractivity contribution in [3.8, 4) is 11.5 Å². The van der Waals surface area contributed by atoms with Crippen molar-refractivity contribution in [3.05, 3.63) is 52.5 Å². The van der Waals surface area contributed by atoms with E-state index in [0.717, 1.165) is 0 Å². The summed E-state index contributed by atoms with van der Waals surface area (Å²) in [6.07, 6.45) is -0.741. The second kappa shape index (κ2) is 5.84. The normalized spacial score (nSPS) is 16.4. The Morgan fingerprint density at radius 1 is 1.10 bits per heavy atom. The van der Waals surface area contributed by atoms with Crippen molar-refractivity contribution in [2.24, 2.45) is 0 Å². The number of hydrogen-bond acceptors (Lipinski definition) is 3. The fourth-order valence-corrected chi connectivity index (χ4v) is 2.31. The molecule has 1 aliphatic rings. The molecule has 4 nitrogen and oxygen atoms in total. The number of para-hydroxylation sites is 2. The van der Waals surface area contributed by atoms with E-state index >= 15 is 0 Å². The molecular formula is C15H11Cl2NO3. The van der Waals surface area contributed by atoms with Gasteiger partial charge in [-0.15, -0.1) is 0 Å². The lowest BCUT2D eigenvalue weighted by Crippen LogP contribution is -2.40. The minimum Gasteiger partial charge on any atom is -0.485 e. The third kappa shape index (κ3) is 2.91. The van der Waals surface area contributed by atoms with E-state index in [1.165, 1.54) is 0 Å². The molecule has 2 aromatic rings. The highest BCUT2D eigenvalue weighted by molar-refractivity contribution is 6.44. The van der Waals surface area contributed by atoms with Crippen LogP contribution in [-0.2, 0) is 4.79 Å². The van der Waals surface area contributed by atoms with Crippen LogP contribution in [0.1, 0.15) is 0 Å². The Bertz CT molecular complexity index is 690. The zero-order chi connectivity index (χ0) is 14.8. The van der Waals surface area contributed by atoms with E-state index < -0.39 is 6.10 Å². The maximum atomic E-state index is 12.2. The summed E-state index contributed by atoms with van der Waals surface area (Å²) in [4.78, 5) is 12.2. The topological polar surface area (TPSA) is 47.6 Å². The van der Waals surface area contributed by atoms with Crippen LogP contribution in [0.25, 0.3) is 0 Å². The van der Waals surface area contributed by atoms with Crippen LogP contribution in [0.5, 0.6) is 11.5 Å². The number of fused-ring (bicyclic) bond motifs is 1. The van der Waals surface area contributed by atoms with Crippen molar-refractivity contribution < 1.29 is 14.3 Å². The summed E-state index contributed by atoms with van der Waals surface area (Å²) in [5.41, 5.74) is 0.441. The lowest BCUT2D eigenvalue weighted by atomic mass is 10.2. The number of carbonyl (C=O) groups excluding carboxylic acids is 1. The Morgan fingerprint density at radius 2 is 1.86 bits per heavy atom. The molecule has 1 aliphatic heterocycles. The molecule has 0 spiro atoms. The van der Waals surface area contributed by atoms with Gasteiger partial charge in [0.1, 0.15) is 6.61 Å². The molecule has 3 rings (SSSR count). The molecule has 0 radical (unpaired) electrons. The van der Waals surface area contributed by atoms with Crippen molar-refractivity contribution in [3.63, 3.8) is 0 Å². The van der Waals surface area contributed by atoms with Crippen molar-refractivity contribution >= 4 is 34.8 Å². The number of hydrogen-bond donors (Lipinski definition) is 1. The van der Waals surface area contributed by atoms with Crippen LogP contribution in [0.2, 0.25) is 10.0 Å². The molecule has 1 unspecified atom stereocenters. The first kappa shape index (κ1) is 14.0. The van der Waals surface area contributed by atoms with Gasteiger partial charge in [0.2, 0.25) is 6.10 Å². The molecule has 0 aliphatic carbocycles. The number of nitrogens with one attached hydrogen (secondary N) is 1. The zero-order valence-electron chi connectivity index (χ0n) is 10.8. The Kier molecular flexibility index (Phi) is 3.90. The molecular weight excluding hydrogens is 313 g/mol. The van der Waals surface area contributed by atoms with Crippen LogP contribution < -0.4 is 14.8 Å². The largest absolute Gasteiger partial charge is 0.485 e. The minimum atomic E-state index is -0.741. The van der Waals surface area contributed by atoms with Gasteiger partial charge in [0.15, 0.2) is 11.5 Å². The average molecular weight is 324 g/mol. The molecule has 1 amide bonds. The van der Waals surface area contributed by atoms with Crippen molar-refractivity contribution in [1.82, 2.24) is 0 Å². The summed E-state index contributed by atoms with van der Waals surface area (Å²) in [5.74, 6) is 0.831. The fraction of sp³-hybridized carbons (Fsp3) is 0.133. The predicted molar refractivity (Wildman–Crippen MR) is 81.4 cm³/mol.